The van der Waals surface area contributed by atoms with Crippen molar-refractivity contribution in [2.45, 2.75) is 0 Å². The standard InChI is InChI=1S/C2H4N3O/c1-2-6-5-4-3/h1-2H2. The van der Waals surface area contributed by atoms with E-state index in [4.69, 9.17) is 5.53 Å². The van der Waals surface area contributed by atoms with E-state index in [1.54, 1.807) is 0 Å². The molecule has 0 aliphatic carbocycles. The van der Waals surface area contributed by atoms with Gasteiger partial charge in [0, 0.05) is 4.91 Å². The first-order chi connectivity index (χ1) is 2.91. The summed E-state index contributed by atoms with van der Waals surface area (Å²) in [5.41, 5.74) is 7.50. The second-order valence-electron chi connectivity index (χ2n) is 0.504. The second-order valence-corrected chi connectivity index (χ2v) is 0.504. The SMILES string of the molecule is [CH2]CON=[N+]=[N-]. The Balaban J connectivity index is 2.86. The summed E-state index contributed by atoms with van der Waals surface area (Å²) >= 11 is 0. The molecule has 6 heavy (non-hydrogen) atoms. The Hall–Kier alpha value is -0.890. The van der Waals surface area contributed by atoms with Gasteiger partial charge in [0.1, 0.15) is 5.28 Å². The summed E-state index contributed by atoms with van der Waals surface area (Å²) in [6.07, 6.45) is 0. The second kappa shape index (κ2) is 4.11. The third-order valence-corrected chi connectivity index (χ3v) is 0.186. The predicted molar refractivity (Wildman–Crippen MR) is 20.5 cm³/mol. The lowest BCUT2D eigenvalue weighted by atomic mass is 10.9. The van der Waals surface area contributed by atoms with E-state index in [0.717, 1.165) is 0 Å². The molecule has 4 nitrogen and oxygen atoms in total. The molecule has 0 spiro atoms. The van der Waals surface area contributed by atoms with Crippen molar-refractivity contribution in [3.8, 4) is 0 Å². The van der Waals surface area contributed by atoms with Crippen LogP contribution < -0.4 is 0 Å². The molecule has 1 radical (unpaired) electrons. The van der Waals surface area contributed by atoms with E-state index in [9.17, 15) is 0 Å². The Morgan fingerprint density at radius 2 is 2.67 bits per heavy atom. The van der Waals surface area contributed by atoms with Crippen molar-refractivity contribution in [1.29, 1.82) is 0 Å². The topological polar surface area (TPSA) is 58.0 Å². The lowest BCUT2D eigenvalue weighted by Gasteiger charge is -1.80. The van der Waals surface area contributed by atoms with Gasteiger partial charge in [-0.1, -0.05) is 0 Å². The maximum atomic E-state index is 7.50. The molecule has 0 rings (SSSR count). The van der Waals surface area contributed by atoms with Gasteiger partial charge >= 0.3 is 0 Å². The fourth-order valence-electron chi connectivity index (χ4n) is 0.0666. The van der Waals surface area contributed by atoms with Crippen LogP contribution in [-0.2, 0) is 4.84 Å². The molecule has 0 saturated heterocycles. The molecule has 4 heteroatoms. The highest BCUT2D eigenvalue weighted by Crippen LogP contribution is 1.69. The summed E-state index contributed by atoms with van der Waals surface area (Å²) < 4.78 is 0. The van der Waals surface area contributed by atoms with Gasteiger partial charge < -0.3 is 4.84 Å². The largest absolute Gasteiger partial charge is 0.434 e. The summed E-state index contributed by atoms with van der Waals surface area (Å²) in [6, 6.07) is 0. The van der Waals surface area contributed by atoms with Crippen LogP contribution in [0.1, 0.15) is 0 Å². The Kier molecular flexibility index (Phi) is 3.50. The van der Waals surface area contributed by atoms with E-state index in [1.165, 1.54) is 0 Å². The zero-order valence-electron chi connectivity index (χ0n) is 3.16. The van der Waals surface area contributed by atoms with E-state index < -0.39 is 0 Å². The predicted octanol–water partition coefficient (Wildman–Crippen LogP) is 1.06. The summed E-state index contributed by atoms with van der Waals surface area (Å²) in [6.45, 7) is 3.42. The monoisotopic (exact) mass is 86.0 g/mol. The Bertz CT molecular complexity index is 65.2. The summed E-state index contributed by atoms with van der Waals surface area (Å²) in [5, 5.41) is 2.71. The molecule has 0 aromatic carbocycles. The molecule has 0 fully saturated rings. The fourth-order valence-corrected chi connectivity index (χ4v) is 0.0666. The van der Waals surface area contributed by atoms with Gasteiger partial charge in [0.25, 0.3) is 0 Å². The van der Waals surface area contributed by atoms with Crippen LogP contribution in [0.3, 0.4) is 0 Å². The van der Waals surface area contributed by atoms with Crippen molar-refractivity contribution in [3.05, 3.63) is 17.4 Å². The van der Waals surface area contributed by atoms with Crippen molar-refractivity contribution < 1.29 is 4.84 Å². The van der Waals surface area contributed by atoms with E-state index >= 15 is 0 Å². The number of nitrogens with zero attached hydrogens (tertiary/aromatic N) is 3. The van der Waals surface area contributed by atoms with E-state index in [1.807, 2.05) is 0 Å². The molecule has 0 aliphatic rings. The number of rotatable bonds is 2. The summed E-state index contributed by atoms with van der Waals surface area (Å²) in [5.74, 6) is 0. The molecule has 0 N–H and O–H groups in total. The lowest BCUT2D eigenvalue weighted by molar-refractivity contribution is 0.167. The minimum atomic E-state index is 0.185. The van der Waals surface area contributed by atoms with E-state index in [0.29, 0.717) is 0 Å². The molecule has 0 aliphatic heterocycles. The number of hydrogen-bond acceptors (Lipinski definition) is 2. The maximum Gasteiger partial charge on any atom is 0.111 e. The average Bonchev–Trinajstić information content (AvgIpc) is 1.61. The molecule has 0 heterocycles. The van der Waals surface area contributed by atoms with E-state index in [2.05, 4.69) is 22.0 Å². The first-order valence-corrected chi connectivity index (χ1v) is 1.37. The lowest BCUT2D eigenvalue weighted by Crippen LogP contribution is -1.72. The van der Waals surface area contributed by atoms with Gasteiger partial charge in [-0.15, -0.1) is 0 Å². The Morgan fingerprint density at radius 1 is 2.00 bits per heavy atom. The highest BCUT2D eigenvalue weighted by molar-refractivity contribution is 4.30. The van der Waals surface area contributed by atoms with Gasteiger partial charge in [0.05, 0.1) is 6.61 Å². The first-order valence-electron chi connectivity index (χ1n) is 1.37. The third-order valence-electron chi connectivity index (χ3n) is 0.186. The zero-order valence-corrected chi connectivity index (χ0v) is 3.16. The zero-order chi connectivity index (χ0) is 4.83. The molecular weight excluding hydrogens is 82.0 g/mol. The van der Waals surface area contributed by atoms with Gasteiger partial charge in [-0.25, -0.2) is 0 Å². The Morgan fingerprint density at radius 3 is 2.83 bits per heavy atom. The maximum absolute atomic E-state index is 7.50. The molecule has 0 bridgehead atoms. The van der Waals surface area contributed by atoms with E-state index in [-0.39, 0.29) is 6.61 Å². The Labute approximate surface area is 35.3 Å². The molecule has 0 amide bonds. The number of hydrogen-bond donors (Lipinski definition) is 0. The molecule has 0 aromatic rings. The van der Waals surface area contributed by atoms with Crippen molar-refractivity contribution in [1.82, 2.24) is 0 Å². The normalized spacial score (nSPS) is 6.17. The smallest absolute Gasteiger partial charge is 0.111 e. The van der Waals surface area contributed by atoms with Crippen molar-refractivity contribution in [3.63, 3.8) is 0 Å². The first kappa shape index (κ1) is 5.11. The molecule has 0 aromatic heterocycles. The van der Waals surface area contributed by atoms with Crippen LogP contribution in [0.15, 0.2) is 5.28 Å². The van der Waals surface area contributed by atoms with Crippen LogP contribution in [0.5, 0.6) is 0 Å². The quantitative estimate of drug-likeness (QED) is 0.214. The van der Waals surface area contributed by atoms with Crippen LogP contribution in [0.2, 0.25) is 0 Å². The van der Waals surface area contributed by atoms with Gasteiger partial charge in [-0.05, 0) is 12.5 Å². The van der Waals surface area contributed by atoms with Crippen molar-refractivity contribution in [2.75, 3.05) is 6.61 Å². The van der Waals surface area contributed by atoms with Crippen molar-refractivity contribution >= 4 is 0 Å². The average molecular weight is 86.1 g/mol. The minimum absolute atomic E-state index is 0.185. The van der Waals surface area contributed by atoms with Crippen LogP contribution >= 0.6 is 0 Å². The van der Waals surface area contributed by atoms with Crippen LogP contribution in [-0.4, -0.2) is 6.61 Å². The minimum Gasteiger partial charge on any atom is -0.434 e. The third kappa shape index (κ3) is 3.11. The molecule has 0 saturated carbocycles. The van der Waals surface area contributed by atoms with Crippen LogP contribution in [0, 0.1) is 6.92 Å². The molecular formula is C2H4N3O. The van der Waals surface area contributed by atoms with Gasteiger partial charge in [-0.3, -0.25) is 0 Å². The van der Waals surface area contributed by atoms with Crippen LogP contribution in [0.25, 0.3) is 10.4 Å². The highest BCUT2D eigenvalue weighted by Gasteiger charge is 1.61. The van der Waals surface area contributed by atoms with Gasteiger partial charge in [0.2, 0.25) is 0 Å². The molecule has 33 valence electrons. The summed E-state index contributed by atoms with van der Waals surface area (Å²) in [4.78, 5) is 6.37. The summed E-state index contributed by atoms with van der Waals surface area (Å²) in [7, 11) is 0. The number of azide groups is 1. The molecule has 0 unspecified atom stereocenters. The highest BCUT2D eigenvalue weighted by atomic mass is 16.6. The molecule has 0 atom stereocenters. The fraction of sp³-hybridized carbons (Fsp3) is 0.500. The van der Waals surface area contributed by atoms with Crippen molar-refractivity contribution in [2.24, 2.45) is 5.28 Å². The van der Waals surface area contributed by atoms with Gasteiger partial charge in [-0.2, -0.15) is 0 Å². The van der Waals surface area contributed by atoms with Crippen LogP contribution in [0.4, 0.5) is 0 Å². The van der Waals surface area contributed by atoms with Gasteiger partial charge in [0.15, 0.2) is 0 Å².